The zero-order valence-corrected chi connectivity index (χ0v) is 16.0. The van der Waals surface area contributed by atoms with Gasteiger partial charge >= 0.3 is 6.03 Å². The van der Waals surface area contributed by atoms with Gasteiger partial charge in [0.05, 0.1) is 18.7 Å². The number of aromatic hydroxyl groups is 1. The predicted molar refractivity (Wildman–Crippen MR) is 106 cm³/mol. The molecule has 3 rings (SSSR count). The van der Waals surface area contributed by atoms with Crippen molar-refractivity contribution in [3.8, 4) is 11.5 Å². The van der Waals surface area contributed by atoms with Gasteiger partial charge in [0.1, 0.15) is 0 Å². The van der Waals surface area contributed by atoms with Gasteiger partial charge in [-0.1, -0.05) is 25.1 Å². The number of rotatable bonds is 5. The van der Waals surface area contributed by atoms with Gasteiger partial charge in [-0.2, -0.15) is 0 Å². The maximum atomic E-state index is 13.0. The molecule has 1 atom stereocenters. The fourth-order valence-electron chi connectivity index (χ4n) is 3.15. The Labute approximate surface area is 163 Å². The Morgan fingerprint density at radius 1 is 1.21 bits per heavy atom. The topological polar surface area (TPSA) is 99.7 Å². The number of urea groups is 1. The first-order valence-corrected chi connectivity index (χ1v) is 8.98. The zero-order valence-electron chi connectivity index (χ0n) is 16.0. The summed E-state index contributed by atoms with van der Waals surface area (Å²) < 4.78 is 5.06. The van der Waals surface area contributed by atoms with Gasteiger partial charge in [-0.05, 0) is 48.7 Å². The lowest BCUT2D eigenvalue weighted by Gasteiger charge is -2.29. The summed E-state index contributed by atoms with van der Waals surface area (Å²) in [5, 5.41) is 18.3. The molecule has 2 aromatic rings. The summed E-state index contributed by atoms with van der Waals surface area (Å²) in [5.41, 5.74) is 3.22. The Bertz CT molecular complexity index is 935. The third-order valence-corrected chi connectivity index (χ3v) is 4.67. The number of aryl methyl sites for hydroxylation is 1. The third kappa shape index (κ3) is 3.93. The smallest absolute Gasteiger partial charge is 0.319 e. The van der Waals surface area contributed by atoms with Crippen LogP contribution in [-0.4, -0.2) is 24.2 Å². The highest BCUT2D eigenvalue weighted by atomic mass is 16.5. The van der Waals surface area contributed by atoms with E-state index in [1.165, 1.54) is 18.7 Å². The Balaban J connectivity index is 1.92. The molecule has 1 aliphatic rings. The first-order valence-electron chi connectivity index (χ1n) is 8.98. The largest absolute Gasteiger partial charge is 0.504 e. The first-order chi connectivity index (χ1) is 13.4. The van der Waals surface area contributed by atoms with Crippen molar-refractivity contribution in [2.24, 2.45) is 0 Å². The molecular weight excluding hydrogens is 358 g/mol. The SMILES string of the molecule is CCc1ccc(NC(=O)C2=C(C)NC(=O)N[C@H]2c2ccc(OC)c(O)c2)cc1. The summed E-state index contributed by atoms with van der Waals surface area (Å²) >= 11 is 0. The summed E-state index contributed by atoms with van der Waals surface area (Å²) in [7, 11) is 1.45. The van der Waals surface area contributed by atoms with E-state index < -0.39 is 12.1 Å². The molecule has 0 radical (unpaired) electrons. The van der Waals surface area contributed by atoms with E-state index in [2.05, 4.69) is 22.9 Å². The number of benzene rings is 2. The Hall–Kier alpha value is -3.48. The van der Waals surface area contributed by atoms with Crippen molar-refractivity contribution in [2.75, 3.05) is 12.4 Å². The number of amides is 3. The van der Waals surface area contributed by atoms with Crippen molar-refractivity contribution < 1.29 is 19.4 Å². The second-order valence-electron chi connectivity index (χ2n) is 6.51. The highest BCUT2D eigenvalue weighted by Gasteiger charge is 2.31. The monoisotopic (exact) mass is 381 g/mol. The average Bonchev–Trinajstić information content (AvgIpc) is 2.67. The van der Waals surface area contributed by atoms with Crippen molar-refractivity contribution in [2.45, 2.75) is 26.3 Å². The van der Waals surface area contributed by atoms with Crippen LogP contribution in [0.2, 0.25) is 0 Å². The first kappa shape index (κ1) is 19.3. The molecule has 1 heterocycles. The quantitative estimate of drug-likeness (QED) is 0.639. The van der Waals surface area contributed by atoms with Crippen LogP contribution in [0.1, 0.15) is 31.0 Å². The molecule has 2 aromatic carbocycles. The van der Waals surface area contributed by atoms with Crippen LogP contribution < -0.4 is 20.7 Å². The minimum Gasteiger partial charge on any atom is -0.504 e. The number of phenols is 1. The maximum absolute atomic E-state index is 13.0. The maximum Gasteiger partial charge on any atom is 0.319 e. The van der Waals surface area contributed by atoms with Crippen LogP contribution in [-0.2, 0) is 11.2 Å². The summed E-state index contributed by atoms with van der Waals surface area (Å²) in [6, 6.07) is 11.2. The Morgan fingerprint density at radius 3 is 2.54 bits per heavy atom. The molecule has 3 amide bonds. The number of nitrogens with one attached hydrogen (secondary N) is 3. The van der Waals surface area contributed by atoms with Gasteiger partial charge < -0.3 is 25.8 Å². The summed E-state index contributed by atoms with van der Waals surface area (Å²) in [6.45, 7) is 3.73. The molecule has 0 saturated heterocycles. The van der Waals surface area contributed by atoms with Crippen LogP contribution >= 0.6 is 0 Å². The van der Waals surface area contributed by atoms with Crippen LogP contribution in [0.25, 0.3) is 0 Å². The van der Waals surface area contributed by atoms with Gasteiger partial charge in [0, 0.05) is 11.4 Å². The number of ether oxygens (including phenoxy) is 1. The van der Waals surface area contributed by atoms with Gasteiger partial charge in [-0.25, -0.2) is 4.79 Å². The highest BCUT2D eigenvalue weighted by molar-refractivity contribution is 6.06. The standard InChI is InChI=1S/C21H23N3O4/c1-4-13-5-8-15(9-6-13)23-20(26)18-12(2)22-21(27)24-19(18)14-7-10-17(28-3)16(25)11-14/h5-11,19,25H,4H2,1-3H3,(H,23,26)(H2,22,24,27)/t19-/m0/s1. The normalized spacial score (nSPS) is 16.2. The van der Waals surface area contributed by atoms with Gasteiger partial charge in [0.2, 0.25) is 0 Å². The lowest BCUT2D eigenvalue weighted by Crippen LogP contribution is -2.45. The number of phenolic OH excluding ortho intramolecular Hbond substituents is 1. The number of methoxy groups -OCH3 is 1. The average molecular weight is 381 g/mol. The molecule has 0 aromatic heterocycles. The Kier molecular flexibility index (Phi) is 5.54. The van der Waals surface area contributed by atoms with Crippen LogP contribution in [0.3, 0.4) is 0 Å². The summed E-state index contributed by atoms with van der Waals surface area (Å²) in [5.74, 6) is -0.0957. The van der Waals surface area contributed by atoms with Crippen LogP contribution in [0.4, 0.5) is 10.5 Å². The third-order valence-electron chi connectivity index (χ3n) is 4.67. The van der Waals surface area contributed by atoms with Crippen molar-refractivity contribution >= 4 is 17.6 Å². The van der Waals surface area contributed by atoms with Crippen LogP contribution in [0.15, 0.2) is 53.7 Å². The van der Waals surface area contributed by atoms with E-state index in [0.717, 1.165) is 6.42 Å². The van der Waals surface area contributed by atoms with Crippen molar-refractivity contribution in [1.29, 1.82) is 0 Å². The number of hydrogen-bond donors (Lipinski definition) is 4. The second-order valence-corrected chi connectivity index (χ2v) is 6.51. The van der Waals surface area contributed by atoms with E-state index >= 15 is 0 Å². The lowest BCUT2D eigenvalue weighted by molar-refractivity contribution is -0.113. The summed E-state index contributed by atoms with van der Waals surface area (Å²) in [4.78, 5) is 25.0. The molecular formula is C21H23N3O4. The minimum atomic E-state index is -0.708. The van der Waals surface area contributed by atoms with Gasteiger partial charge in [-0.15, -0.1) is 0 Å². The fraction of sp³-hybridized carbons (Fsp3) is 0.238. The van der Waals surface area contributed by atoms with Gasteiger partial charge in [0.25, 0.3) is 5.91 Å². The van der Waals surface area contributed by atoms with E-state index in [0.29, 0.717) is 28.3 Å². The molecule has 4 N–H and O–H groups in total. The molecule has 1 aliphatic heterocycles. The van der Waals surface area contributed by atoms with E-state index in [4.69, 9.17) is 4.74 Å². The number of hydrogen-bond acceptors (Lipinski definition) is 4. The molecule has 7 nitrogen and oxygen atoms in total. The molecule has 0 spiro atoms. The molecule has 0 bridgehead atoms. The van der Waals surface area contributed by atoms with Gasteiger partial charge in [-0.3, -0.25) is 4.79 Å². The molecule has 0 fully saturated rings. The lowest BCUT2D eigenvalue weighted by atomic mass is 9.94. The van der Waals surface area contributed by atoms with Crippen molar-refractivity contribution in [3.05, 3.63) is 64.9 Å². The number of allylic oxidation sites excluding steroid dienone is 1. The van der Waals surface area contributed by atoms with E-state index in [1.807, 2.05) is 24.3 Å². The molecule has 28 heavy (non-hydrogen) atoms. The Morgan fingerprint density at radius 2 is 1.93 bits per heavy atom. The van der Waals surface area contributed by atoms with E-state index in [9.17, 15) is 14.7 Å². The van der Waals surface area contributed by atoms with Crippen LogP contribution in [0, 0.1) is 0 Å². The molecule has 0 aliphatic carbocycles. The summed E-state index contributed by atoms with van der Waals surface area (Å²) in [6.07, 6.45) is 0.914. The number of carbonyl (C=O) groups is 2. The van der Waals surface area contributed by atoms with E-state index in [1.54, 1.807) is 19.1 Å². The van der Waals surface area contributed by atoms with E-state index in [-0.39, 0.29) is 11.7 Å². The second kappa shape index (κ2) is 8.04. The van der Waals surface area contributed by atoms with Crippen molar-refractivity contribution in [3.63, 3.8) is 0 Å². The zero-order chi connectivity index (χ0) is 20.3. The highest BCUT2D eigenvalue weighted by Crippen LogP contribution is 2.33. The molecule has 7 heteroatoms. The molecule has 0 saturated carbocycles. The van der Waals surface area contributed by atoms with Crippen LogP contribution in [0.5, 0.6) is 11.5 Å². The van der Waals surface area contributed by atoms with Crippen molar-refractivity contribution in [1.82, 2.24) is 10.6 Å². The number of carbonyl (C=O) groups excluding carboxylic acids is 2. The number of anilines is 1. The molecule has 146 valence electrons. The predicted octanol–water partition coefficient (Wildman–Crippen LogP) is 3.23. The van der Waals surface area contributed by atoms with Gasteiger partial charge in [0.15, 0.2) is 11.5 Å². The fourth-order valence-corrected chi connectivity index (χ4v) is 3.15. The molecule has 0 unspecified atom stereocenters. The minimum absolute atomic E-state index is 0.0691.